The summed E-state index contributed by atoms with van der Waals surface area (Å²) in [7, 11) is 0. The molecule has 0 saturated carbocycles. The third kappa shape index (κ3) is 8.57. The van der Waals surface area contributed by atoms with Crippen LogP contribution in [0, 0.1) is 0 Å². The molecule has 2 heterocycles. The van der Waals surface area contributed by atoms with E-state index in [1.807, 2.05) is 0 Å². The summed E-state index contributed by atoms with van der Waals surface area (Å²) in [6.45, 7) is 5.34. The van der Waals surface area contributed by atoms with Gasteiger partial charge in [-0.15, -0.1) is 0 Å². The summed E-state index contributed by atoms with van der Waals surface area (Å²) >= 11 is 0. The Morgan fingerprint density at radius 1 is 1.04 bits per heavy atom. The third-order valence-electron chi connectivity index (χ3n) is 7.48. The second kappa shape index (κ2) is 14.4. The minimum Gasteiger partial charge on any atom is -0.458 e. The summed E-state index contributed by atoms with van der Waals surface area (Å²) in [6.07, 6.45) is -1.54. The number of aromatic amines is 1. The zero-order valence-electron chi connectivity index (χ0n) is 25.9. The van der Waals surface area contributed by atoms with Crippen molar-refractivity contribution in [2.45, 2.75) is 76.3 Å². The van der Waals surface area contributed by atoms with Crippen LogP contribution in [-0.2, 0) is 30.3 Å². The van der Waals surface area contributed by atoms with Crippen LogP contribution < -0.4 is 21.8 Å². The van der Waals surface area contributed by atoms with E-state index in [2.05, 4.69) is 15.6 Å². The second-order valence-corrected chi connectivity index (χ2v) is 12.3. The van der Waals surface area contributed by atoms with Crippen molar-refractivity contribution >= 4 is 40.5 Å². The highest BCUT2D eigenvalue weighted by Gasteiger charge is 2.41. The minimum atomic E-state index is -1.80. The lowest BCUT2D eigenvalue weighted by molar-refractivity contribution is -0.165. The van der Waals surface area contributed by atoms with Crippen molar-refractivity contribution in [1.29, 1.82) is 0 Å². The lowest BCUT2D eigenvalue weighted by Crippen LogP contribution is -2.58. The summed E-state index contributed by atoms with van der Waals surface area (Å²) in [5, 5.41) is 16.8. The highest BCUT2D eigenvalue weighted by atomic mass is 16.6. The number of aromatic nitrogens is 1. The van der Waals surface area contributed by atoms with Crippen molar-refractivity contribution in [3.8, 4) is 0 Å². The van der Waals surface area contributed by atoms with E-state index < -0.39 is 71.3 Å². The molecule has 4 rings (SSSR count). The molecule has 4 amide bonds. The smallest absolute Gasteiger partial charge is 0.329 e. The topological polar surface area (TPSA) is 201 Å². The van der Waals surface area contributed by atoms with Gasteiger partial charge in [0.15, 0.2) is 11.5 Å². The van der Waals surface area contributed by atoms with E-state index >= 15 is 0 Å². The number of nitrogens with zero attached hydrogens (tertiary/aromatic N) is 1. The van der Waals surface area contributed by atoms with E-state index in [1.54, 1.807) is 75.4 Å². The Kier molecular flexibility index (Phi) is 10.6. The normalized spacial score (nSPS) is 16.7. The number of carbonyl (C=O) groups excluding carboxylic acids is 5. The summed E-state index contributed by atoms with van der Waals surface area (Å²) in [5.41, 5.74) is 5.11. The van der Waals surface area contributed by atoms with Gasteiger partial charge in [0, 0.05) is 23.5 Å². The van der Waals surface area contributed by atoms with E-state index in [0.29, 0.717) is 29.3 Å². The first-order chi connectivity index (χ1) is 21.7. The minimum absolute atomic E-state index is 0.000334. The van der Waals surface area contributed by atoms with E-state index in [9.17, 15) is 33.9 Å². The maximum Gasteiger partial charge on any atom is 0.329 e. The number of pyridine rings is 1. The van der Waals surface area contributed by atoms with Crippen molar-refractivity contribution < 1.29 is 33.8 Å². The number of hydrogen-bond acceptors (Lipinski definition) is 8. The number of aliphatic hydroxyl groups is 1. The van der Waals surface area contributed by atoms with Gasteiger partial charge in [0.2, 0.25) is 11.8 Å². The first kappa shape index (κ1) is 33.8. The maximum absolute atomic E-state index is 13.6. The fourth-order valence-corrected chi connectivity index (χ4v) is 5.35. The third-order valence-corrected chi connectivity index (χ3v) is 7.48. The van der Waals surface area contributed by atoms with Crippen molar-refractivity contribution in [2.24, 2.45) is 5.73 Å². The zero-order chi connectivity index (χ0) is 33.6. The first-order valence-corrected chi connectivity index (χ1v) is 15.0. The molecule has 13 nitrogen and oxygen atoms in total. The van der Waals surface area contributed by atoms with Gasteiger partial charge in [-0.1, -0.05) is 42.5 Å². The highest BCUT2D eigenvalue weighted by molar-refractivity contribution is 5.99. The number of rotatable bonds is 11. The Hall–Kier alpha value is -5.04. The first-order valence-electron chi connectivity index (χ1n) is 15.0. The number of para-hydroxylation sites is 1. The van der Waals surface area contributed by atoms with E-state index in [0.717, 1.165) is 6.07 Å². The number of fused-ring (bicyclic) bond motifs is 1. The molecule has 1 aromatic heterocycles. The summed E-state index contributed by atoms with van der Waals surface area (Å²) < 4.78 is 5.49. The van der Waals surface area contributed by atoms with Crippen LogP contribution in [0.2, 0.25) is 0 Å². The SMILES string of the molecule is CC(C)(C)OC(=O)[C@@H]1CCCN1C(=O)C(O)[C@H](Cc1ccccc1)NC(=O)[C@H](CC(N)=O)NC(=O)c1cc(=O)c2ccccc2[nH]1. The molecule has 1 unspecified atom stereocenters. The van der Waals surface area contributed by atoms with Crippen LogP contribution in [-0.4, -0.2) is 81.0 Å². The number of amides is 4. The number of likely N-dealkylation sites (tertiary alicyclic amines) is 1. The molecule has 3 aromatic rings. The lowest BCUT2D eigenvalue weighted by Gasteiger charge is -2.32. The predicted molar refractivity (Wildman–Crippen MR) is 168 cm³/mol. The molecular weight excluding hydrogens is 594 g/mol. The van der Waals surface area contributed by atoms with Crippen LogP contribution >= 0.6 is 0 Å². The number of benzene rings is 2. The second-order valence-electron chi connectivity index (χ2n) is 12.3. The standard InChI is InChI=1S/C33H39N5O8/c1-33(2,3)46-32(45)25-14-9-15-38(25)31(44)28(41)22(16-19-10-5-4-6-11-19)36-30(43)24(18-27(34)40)37-29(42)23-17-26(39)20-12-7-8-13-21(20)35-23/h4-8,10-13,17,22,24-25,28,41H,9,14-16,18H2,1-3H3,(H2,34,40)(H,35,39)(H,36,43)(H,37,42)/t22-,24-,25-,28?/m0/s1. The Bertz CT molecular complexity index is 1670. The molecule has 13 heteroatoms. The molecule has 4 atom stereocenters. The Balaban J connectivity index is 1.57. The van der Waals surface area contributed by atoms with Gasteiger partial charge in [-0.3, -0.25) is 24.0 Å². The number of nitrogens with one attached hydrogen (secondary N) is 3. The number of esters is 1. The predicted octanol–water partition coefficient (Wildman–Crippen LogP) is 0.923. The van der Waals surface area contributed by atoms with Crippen LogP contribution in [0.15, 0.2) is 65.5 Å². The quantitative estimate of drug-likeness (QED) is 0.192. The molecule has 1 aliphatic heterocycles. The fraction of sp³-hybridized carbons (Fsp3) is 0.394. The number of ether oxygens (including phenoxy) is 1. The Morgan fingerprint density at radius 2 is 1.72 bits per heavy atom. The molecule has 46 heavy (non-hydrogen) atoms. The number of H-pyrrole nitrogens is 1. The number of primary amides is 1. The molecule has 1 fully saturated rings. The molecule has 0 aliphatic carbocycles. The average molecular weight is 634 g/mol. The van der Waals surface area contributed by atoms with Crippen LogP contribution in [0.4, 0.5) is 0 Å². The van der Waals surface area contributed by atoms with Gasteiger partial charge < -0.3 is 36.1 Å². The van der Waals surface area contributed by atoms with Gasteiger partial charge in [0.05, 0.1) is 12.5 Å². The van der Waals surface area contributed by atoms with Gasteiger partial charge in [0.1, 0.15) is 23.4 Å². The van der Waals surface area contributed by atoms with Gasteiger partial charge in [-0.25, -0.2) is 4.79 Å². The highest BCUT2D eigenvalue weighted by Crippen LogP contribution is 2.23. The number of nitrogens with two attached hydrogens (primary N) is 1. The van der Waals surface area contributed by atoms with Crippen molar-refractivity contribution in [1.82, 2.24) is 20.5 Å². The largest absolute Gasteiger partial charge is 0.458 e. The van der Waals surface area contributed by atoms with Gasteiger partial charge in [-0.05, 0) is 57.7 Å². The summed E-state index contributed by atoms with van der Waals surface area (Å²) in [4.78, 5) is 81.8. The maximum atomic E-state index is 13.6. The van der Waals surface area contributed by atoms with Crippen LogP contribution in [0.25, 0.3) is 10.9 Å². The van der Waals surface area contributed by atoms with Gasteiger partial charge in [0.25, 0.3) is 11.8 Å². The molecule has 0 bridgehead atoms. The molecule has 0 radical (unpaired) electrons. The monoisotopic (exact) mass is 633 g/mol. The molecule has 244 valence electrons. The Morgan fingerprint density at radius 3 is 2.39 bits per heavy atom. The molecule has 1 saturated heterocycles. The number of hydrogen-bond donors (Lipinski definition) is 5. The van der Waals surface area contributed by atoms with Crippen LogP contribution in [0.1, 0.15) is 56.1 Å². The molecule has 2 aromatic carbocycles. The Labute approximate surface area is 265 Å². The van der Waals surface area contributed by atoms with E-state index in [-0.39, 0.29) is 18.7 Å². The molecular formula is C33H39N5O8. The van der Waals surface area contributed by atoms with E-state index in [1.165, 1.54) is 4.90 Å². The van der Waals surface area contributed by atoms with E-state index in [4.69, 9.17) is 10.5 Å². The van der Waals surface area contributed by atoms with Gasteiger partial charge in [-0.2, -0.15) is 0 Å². The average Bonchev–Trinajstić information content (AvgIpc) is 3.49. The molecule has 6 N–H and O–H groups in total. The summed E-state index contributed by atoms with van der Waals surface area (Å²) in [6, 6.07) is 12.8. The van der Waals surface area contributed by atoms with Crippen LogP contribution in [0.5, 0.6) is 0 Å². The van der Waals surface area contributed by atoms with Gasteiger partial charge >= 0.3 is 5.97 Å². The van der Waals surface area contributed by atoms with Crippen LogP contribution in [0.3, 0.4) is 0 Å². The van der Waals surface area contributed by atoms with Crippen molar-refractivity contribution in [2.75, 3.05) is 6.54 Å². The number of aliphatic hydroxyl groups excluding tert-OH is 1. The lowest BCUT2D eigenvalue weighted by atomic mass is 9.99. The molecule has 1 aliphatic rings. The summed E-state index contributed by atoms with van der Waals surface area (Å²) in [5.74, 6) is -4.02. The van der Waals surface area contributed by atoms with Crippen molar-refractivity contribution in [3.05, 3.63) is 82.1 Å². The fourth-order valence-electron chi connectivity index (χ4n) is 5.35. The number of carbonyl (C=O) groups is 5. The molecule has 0 spiro atoms. The van der Waals surface area contributed by atoms with Crippen molar-refractivity contribution in [3.63, 3.8) is 0 Å². The zero-order valence-corrected chi connectivity index (χ0v) is 25.9.